The molecule has 0 radical (unpaired) electrons. The maximum absolute atomic E-state index is 13.0. The van der Waals surface area contributed by atoms with Crippen LogP contribution in [0.25, 0.3) is 0 Å². The third kappa shape index (κ3) is 55.1. The number of hydrogen-bond donors (Lipinski definition) is 2. The van der Waals surface area contributed by atoms with Crippen LogP contribution in [0, 0.1) is 0 Å². The Labute approximate surface area is 431 Å². The number of rotatable bonds is 58. The van der Waals surface area contributed by atoms with E-state index < -0.39 is 20.0 Å². The summed E-state index contributed by atoms with van der Waals surface area (Å²) in [6, 6.07) is -0.795. The first-order valence-corrected chi connectivity index (χ1v) is 32.3. The normalized spacial score (nSPS) is 13.8. The fraction of sp³-hybridized carbons (Fsp3) is 0.983. The zero-order chi connectivity index (χ0) is 50.6. The second-order valence-corrected chi connectivity index (χ2v) is 24.2. The van der Waals surface area contributed by atoms with Crippen LogP contribution in [0.4, 0.5) is 0 Å². The molecule has 0 fully saturated rings. The molecule has 3 atom stereocenters. The van der Waals surface area contributed by atoms with Crippen molar-refractivity contribution in [3.8, 4) is 0 Å². The molecule has 0 rings (SSSR count). The van der Waals surface area contributed by atoms with Gasteiger partial charge in [0.2, 0.25) is 5.91 Å². The van der Waals surface area contributed by atoms with E-state index in [1.807, 2.05) is 21.1 Å². The van der Waals surface area contributed by atoms with Crippen molar-refractivity contribution in [2.45, 2.75) is 341 Å². The lowest BCUT2D eigenvalue weighted by Gasteiger charge is -2.30. The van der Waals surface area contributed by atoms with E-state index in [9.17, 15) is 19.4 Å². The van der Waals surface area contributed by atoms with E-state index >= 15 is 0 Å². The topological polar surface area (TPSA) is 108 Å². The number of unbranched alkanes of at least 4 members (excludes halogenated alkanes) is 45. The first-order valence-electron chi connectivity index (χ1n) is 30.9. The number of phosphoric ester groups is 1. The molecule has 0 aromatic rings. The van der Waals surface area contributed by atoms with Gasteiger partial charge in [-0.1, -0.05) is 309 Å². The molecule has 0 saturated carbocycles. The van der Waals surface area contributed by atoms with Gasteiger partial charge >= 0.3 is 0 Å². The number of phosphoric acid groups is 1. The molecular formula is C60H123N2O6P. The molecule has 0 aromatic heterocycles. The lowest BCUT2D eigenvalue weighted by atomic mass is 10.0. The molecule has 414 valence electrons. The van der Waals surface area contributed by atoms with Gasteiger partial charge in [-0.15, -0.1) is 0 Å². The second kappa shape index (κ2) is 52.4. The van der Waals surface area contributed by atoms with Gasteiger partial charge in [-0.3, -0.25) is 9.36 Å². The Kier molecular flexibility index (Phi) is 52.0. The molecule has 8 nitrogen and oxygen atoms in total. The van der Waals surface area contributed by atoms with Crippen LogP contribution < -0.4 is 10.2 Å². The highest BCUT2D eigenvalue weighted by Crippen LogP contribution is 2.38. The van der Waals surface area contributed by atoms with Crippen molar-refractivity contribution >= 4 is 13.7 Å². The van der Waals surface area contributed by atoms with Crippen LogP contribution in [0.3, 0.4) is 0 Å². The largest absolute Gasteiger partial charge is 0.756 e. The molecule has 0 aromatic carbocycles. The zero-order valence-electron chi connectivity index (χ0n) is 47.3. The molecule has 1 amide bonds. The van der Waals surface area contributed by atoms with Crippen molar-refractivity contribution in [1.82, 2.24) is 5.32 Å². The smallest absolute Gasteiger partial charge is 0.268 e. The maximum Gasteiger partial charge on any atom is 0.268 e. The van der Waals surface area contributed by atoms with Crippen molar-refractivity contribution < 1.29 is 32.9 Å². The monoisotopic (exact) mass is 999 g/mol. The van der Waals surface area contributed by atoms with Crippen molar-refractivity contribution in [2.24, 2.45) is 0 Å². The fourth-order valence-electron chi connectivity index (χ4n) is 9.75. The highest BCUT2D eigenvalue weighted by molar-refractivity contribution is 7.45. The molecule has 2 N–H and O–H groups in total. The van der Waals surface area contributed by atoms with E-state index in [4.69, 9.17) is 9.05 Å². The number of amides is 1. The van der Waals surface area contributed by atoms with E-state index in [1.54, 1.807) is 0 Å². The zero-order valence-corrected chi connectivity index (χ0v) is 48.2. The summed E-state index contributed by atoms with van der Waals surface area (Å²) >= 11 is 0. The molecule has 69 heavy (non-hydrogen) atoms. The van der Waals surface area contributed by atoms with Gasteiger partial charge in [0.25, 0.3) is 7.82 Å². The second-order valence-electron chi connectivity index (χ2n) is 22.8. The lowest BCUT2D eigenvalue weighted by molar-refractivity contribution is -0.870. The molecular weight excluding hydrogens is 876 g/mol. The van der Waals surface area contributed by atoms with Crippen LogP contribution in [-0.2, 0) is 18.4 Å². The molecule has 0 spiro atoms. The van der Waals surface area contributed by atoms with Crippen LogP contribution in [0.2, 0.25) is 0 Å². The summed E-state index contributed by atoms with van der Waals surface area (Å²) in [6.45, 7) is 4.78. The fourth-order valence-corrected chi connectivity index (χ4v) is 10.5. The number of quaternary nitrogens is 1. The number of nitrogens with one attached hydrogen (secondary N) is 1. The average molecular weight is 1000 g/mol. The highest BCUT2D eigenvalue weighted by Gasteiger charge is 2.24. The minimum absolute atomic E-state index is 0.0166. The van der Waals surface area contributed by atoms with Crippen LogP contribution in [0.1, 0.15) is 328 Å². The van der Waals surface area contributed by atoms with Gasteiger partial charge in [-0.25, -0.2) is 0 Å². The van der Waals surface area contributed by atoms with Gasteiger partial charge in [-0.05, 0) is 12.8 Å². The number of nitrogens with zero attached hydrogens (tertiary/aromatic N) is 1. The number of likely N-dealkylation sites (N-methyl/N-ethyl adjacent to an activating group) is 1. The van der Waals surface area contributed by atoms with E-state index in [-0.39, 0.29) is 19.1 Å². The van der Waals surface area contributed by atoms with Crippen molar-refractivity contribution in [3.05, 3.63) is 0 Å². The lowest BCUT2D eigenvalue weighted by Crippen LogP contribution is -2.46. The summed E-state index contributed by atoms with van der Waals surface area (Å²) in [5.74, 6) is -0.156. The van der Waals surface area contributed by atoms with Crippen LogP contribution in [0.15, 0.2) is 0 Å². The number of aliphatic hydroxyl groups excluding tert-OH is 1. The molecule has 0 aliphatic heterocycles. The number of carbonyl (C=O) groups is 1. The first kappa shape index (κ1) is 68.5. The standard InChI is InChI=1S/C60H123N2O6P/c1-6-8-10-12-14-16-18-20-22-23-24-25-26-27-28-29-30-31-32-33-34-35-36-37-38-40-42-44-46-48-50-52-54-60(64)61-58(57-68-69(65,66)67-56-55-62(3,4)5)59(63)53-51-49-47-45-43-41-39-21-19-17-15-13-11-9-7-2/h58-59,63H,6-57H2,1-5H3,(H-,61,64,65,66). The van der Waals surface area contributed by atoms with Crippen molar-refractivity contribution in [1.29, 1.82) is 0 Å². The Bertz CT molecular complexity index is 1090. The quantitative estimate of drug-likeness (QED) is 0.0357. The predicted octanol–water partition coefficient (Wildman–Crippen LogP) is 18.2. The molecule has 0 saturated heterocycles. The molecule has 0 aliphatic rings. The highest BCUT2D eigenvalue weighted by atomic mass is 31.2. The summed E-state index contributed by atoms with van der Waals surface area (Å²) in [7, 11) is 1.33. The third-order valence-corrected chi connectivity index (χ3v) is 15.6. The van der Waals surface area contributed by atoms with Gasteiger partial charge in [0.05, 0.1) is 39.9 Å². The van der Waals surface area contributed by atoms with E-state index in [1.165, 1.54) is 263 Å². The molecule has 0 bridgehead atoms. The van der Waals surface area contributed by atoms with Gasteiger partial charge < -0.3 is 28.8 Å². The van der Waals surface area contributed by atoms with Gasteiger partial charge in [0.15, 0.2) is 0 Å². The minimum Gasteiger partial charge on any atom is -0.756 e. The number of aliphatic hydroxyl groups is 1. The Morgan fingerprint density at radius 2 is 0.710 bits per heavy atom. The molecule has 9 heteroatoms. The summed E-state index contributed by atoms with van der Waals surface area (Å²) in [4.78, 5) is 25.5. The predicted molar refractivity (Wildman–Crippen MR) is 298 cm³/mol. The summed E-state index contributed by atoms with van der Waals surface area (Å²) < 4.78 is 23.4. The third-order valence-electron chi connectivity index (χ3n) is 14.6. The van der Waals surface area contributed by atoms with Crippen LogP contribution >= 0.6 is 7.82 Å². The molecule has 3 unspecified atom stereocenters. The van der Waals surface area contributed by atoms with Crippen LogP contribution in [-0.4, -0.2) is 68.5 Å². The van der Waals surface area contributed by atoms with E-state index in [2.05, 4.69) is 19.2 Å². The summed E-state index contributed by atoms with van der Waals surface area (Å²) in [6.07, 6.45) is 63.0. The Hall–Kier alpha value is -0.500. The first-order chi connectivity index (χ1) is 33.5. The van der Waals surface area contributed by atoms with E-state index in [0.29, 0.717) is 23.9 Å². The average Bonchev–Trinajstić information content (AvgIpc) is 3.31. The van der Waals surface area contributed by atoms with Crippen molar-refractivity contribution in [3.63, 3.8) is 0 Å². The Balaban J connectivity index is 3.95. The summed E-state index contributed by atoms with van der Waals surface area (Å²) in [5.41, 5.74) is 0. The number of hydrogen-bond acceptors (Lipinski definition) is 6. The molecule has 0 aliphatic carbocycles. The Morgan fingerprint density at radius 1 is 0.449 bits per heavy atom. The number of carbonyl (C=O) groups excluding carboxylic acids is 1. The minimum atomic E-state index is -4.57. The summed E-state index contributed by atoms with van der Waals surface area (Å²) in [5, 5.41) is 14.0. The van der Waals surface area contributed by atoms with Gasteiger partial charge in [0.1, 0.15) is 13.2 Å². The maximum atomic E-state index is 13.0. The van der Waals surface area contributed by atoms with Gasteiger partial charge in [-0.2, -0.15) is 0 Å². The van der Waals surface area contributed by atoms with Crippen LogP contribution in [0.5, 0.6) is 0 Å². The van der Waals surface area contributed by atoms with Crippen molar-refractivity contribution in [2.75, 3.05) is 40.9 Å². The molecule has 0 heterocycles. The SMILES string of the molecule is CCCCCCCCCCCCCCCCCCCCCCCCCCCCCCCCCCC(=O)NC(COP(=O)([O-])OCC[N+](C)(C)C)C(O)CCCCCCCCCCCCCCCCC. The Morgan fingerprint density at radius 3 is 0.986 bits per heavy atom. The van der Waals surface area contributed by atoms with E-state index in [0.717, 1.165) is 38.5 Å². The van der Waals surface area contributed by atoms with Gasteiger partial charge in [0, 0.05) is 6.42 Å².